The first-order valence-electron chi connectivity index (χ1n) is 5.66. The summed E-state index contributed by atoms with van der Waals surface area (Å²) in [6, 6.07) is 1.63. The summed E-state index contributed by atoms with van der Waals surface area (Å²) >= 11 is 0. The maximum atomic E-state index is 3.29. The molecule has 2 heteroatoms. The van der Waals surface area contributed by atoms with E-state index in [0.717, 1.165) is 18.6 Å². The van der Waals surface area contributed by atoms with Gasteiger partial charge in [-0.3, -0.25) is 4.90 Å². The molecule has 0 radical (unpaired) electrons. The molecule has 1 atom stereocenters. The molecule has 1 aliphatic carbocycles. The topological polar surface area (TPSA) is 15.3 Å². The molecule has 0 aromatic heterocycles. The quantitative estimate of drug-likeness (QED) is 0.678. The van der Waals surface area contributed by atoms with E-state index in [1.54, 1.807) is 0 Å². The third-order valence-corrected chi connectivity index (χ3v) is 3.29. The maximum Gasteiger partial charge on any atom is 0.0220 e. The average molecular weight is 184 g/mol. The first kappa shape index (κ1) is 11.0. The second kappa shape index (κ2) is 5.61. The lowest BCUT2D eigenvalue weighted by Crippen LogP contribution is -2.47. The van der Waals surface area contributed by atoms with E-state index in [1.807, 2.05) is 0 Å². The highest BCUT2D eigenvalue weighted by atomic mass is 15.2. The molecule has 1 rings (SSSR count). The van der Waals surface area contributed by atoms with E-state index in [2.05, 4.69) is 31.2 Å². The van der Waals surface area contributed by atoms with Gasteiger partial charge in [0.1, 0.15) is 0 Å². The molecule has 78 valence electrons. The van der Waals surface area contributed by atoms with Crippen molar-refractivity contribution in [2.75, 3.05) is 20.6 Å². The Morgan fingerprint density at radius 1 is 1.46 bits per heavy atom. The Labute approximate surface area is 82.7 Å². The Hall–Kier alpha value is -0.0800. The van der Waals surface area contributed by atoms with Crippen molar-refractivity contribution in [2.24, 2.45) is 0 Å². The molecule has 1 fully saturated rings. The second-order valence-electron chi connectivity index (χ2n) is 4.25. The lowest BCUT2D eigenvalue weighted by Gasteiger charge is -2.40. The lowest BCUT2D eigenvalue weighted by molar-refractivity contribution is 0.104. The van der Waals surface area contributed by atoms with Crippen LogP contribution in [0.3, 0.4) is 0 Å². The van der Waals surface area contributed by atoms with Crippen molar-refractivity contribution < 1.29 is 0 Å². The number of hydrogen-bond donors (Lipinski definition) is 1. The minimum absolute atomic E-state index is 0.750. The summed E-state index contributed by atoms with van der Waals surface area (Å²) in [7, 11) is 4.35. The molecule has 0 aliphatic heterocycles. The third kappa shape index (κ3) is 2.96. The molecule has 1 aliphatic rings. The molecule has 0 saturated heterocycles. The smallest absolute Gasteiger partial charge is 0.0220 e. The van der Waals surface area contributed by atoms with Crippen LogP contribution in [0.5, 0.6) is 0 Å². The van der Waals surface area contributed by atoms with Gasteiger partial charge in [-0.05, 0) is 33.4 Å². The first-order valence-corrected chi connectivity index (χ1v) is 5.66. The van der Waals surface area contributed by atoms with Crippen LogP contribution in [0.4, 0.5) is 0 Å². The summed E-state index contributed by atoms with van der Waals surface area (Å²) < 4.78 is 0. The van der Waals surface area contributed by atoms with E-state index in [1.165, 1.54) is 32.1 Å². The van der Waals surface area contributed by atoms with Gasteiger partial charge in [0.25, 0.3) is 0 Å². The zero-order valence-corrected chi connectivity index (χ0v) is 9.34. The van der Waals surface area contributed by atoms with Gasteiger partial charge in [0, 0.05) is 18.6 Å². The second-order valence-corrected chi connectivity index (χ2v) is 4.25. The molecule has 1 saturated carbocycles. The van der Waals surface area contributed by atoms with E-state index in [4.69, 9.17) is 0 Å². The molecular weight excluding hydrogens is 160 g/mol. The molecule has 13 heavy (non-hydrogen) atoms. The van der Waals surface area contributed by atoms with Gasteiger partial charge < -0.3 is 5.32 Å². The highest BCUT2D eigenvalue weighted by molar-refractivity contribution is 4.83. The number of rotatable bonds is 6. The van der Waals surface area contributed by atoms with Gasteiger partial charge in [-0.2, -0.15) is 0 Å². The molecule has 1 unspecified atom stereocenters. The summed E-state index contributed by atoms with van der Waals surface area (Å²) in [4.78, 5) is 2.59. The number of nitrogens with one attached hydrogen (secondary N) is 1. The van der Waals surface area contributed by atoms with Gasteiger partial charge in [0.05, 0.1) is 0 Å². The van der Waals surface area contributed by atoms with Crippen molar-refractivity contribution in [3.8, 4) is 0 Å². The van der Waals surface area contributed by atoms with Crippen LogP contribution in [0.1, 0.15) is 39.0 Å². The van der Waals surface area contributed by atoms with Crippen LogP contribution in [-0.4, -0.2) is 37.6 Å². The van der Waals surface area contributed by atoms with E-state index in [9.17, 15) is 0 Å². The standard InChI is InChI=1S/C11H24N2/c1-4-6-11(9-12-2)13(3)10-7-5-8-10/h10-12H,4-9H2,1-3H3. The van der Waals surface area contributed by atoms with Crippen molar-refractivity contribution >= 4 is 0 Å². The third-order valence-electron chi connectivity index (χ3n) is 3.29. The largest absolute Gasteiger partial charge is 0.318 e. The van der Waals surface area contributed by atoms with Gasteiger partial charge in [0.15, 0.2) is 0 Å². The predicted molar refractivity (Wildman–Crippen MR) is 58.0 cm³/mol. The van der Waals surface area contributed by atoms with Crippen molar-refractivity contribution in [3.05, 3.63) is 0 Å². The summed E-state index contributed by atoms with van der Waals surface area (Å²) in [6.45, 7) is 3.41. The monoisotopic (exact) mass is 184 g/mol. The summed E-state index contributed by atoms with van der Waals surface area (Å²) in [5, 5.41) is 3.29. The molecule has 0 amide bonds. The van der Waals surface area contributed by atoms with Gasteiger partial charge in [-0.15, -0.1) is 0 Å². The fraction of sp³-hybridized carbons (Fsp3) is 1.00. The minimum Gasteiger partial charge on any atom is -0.318 e. The number of nitrogens with zero attached hydrogens (tertiary/aromatic N) is 1. The van der Waals surface area contributed by atoms with E-state index in [-0.39, 0.29) is 0 Å². The van der Waals surface area contributed by atoms with E-state index < -0.39 is 0 Å². The Morgan fingerprint density at radius 3 is 2.54 bits per heavy atom. The minimum atomic E-state index is 0.750. The van der Waals surface area contributed by atoms with Gasteiger partial charge >= 0.3 is 0 Å². The molecule has 1 N–H and O–H groups in total. The van der Waals surface area contributed by atoms with Gasteiger partial charge in [-0.25, -0.2) is 0 Å². The summed E-state index contributed by atoms with van der Waals surface area (Å²) in [5.74, 6) is 0. The Balaban J connectivity index is 2.32. The highest BCUT2D eigenvalue weighted by Gasteiger charge is 2.26. The van der Waals surface area contributed by atoms with E-state index in [0.29, 0.717) is 0 Å². The van der Waals surface area contributed by atoms with Crippen LogP contribution >= 0.6 is 0 Å². The van der Waals surface area contributed by atoms with Crippen molar-refractivity contribution in [1.82, 2.24) is 10.2 Å². The van der Waals surface area contributed by atoms with Gasteiger partial charge in [-0.1, -0.05) is 19.8 Å². The predicted octanol–water partition coefficient (Wildman–Crippen LogP) is 1.86. The molecule has 0 aromatic rings. The van der Waals surface area contributed by atoms with Crippen LogP contribution in [-0.2, 0) is 0 Å². The molecule has 0 bridgehead atoms. The summed E-state index contributed by atoms with van der Waals surface area (Å²) in [6.07, 6.45) is 6.89. The Morgan fingerprint density at radius 2 is 2.15 bits per heavy atom. The zero-order chi connectivity index (χ0) is 9.68. The number of hydrogen-bond acceptors (Lipinski definition) is 2. The molecule has 2 nitrogen and oxygen atoms in total. The van der Waals surface area contributed by atoms with Crippen LogP contribution in [0.15, 0.2) is 0 Å². The fourth-order valence-corrected chi connectivity index (χ4v) is 2.11. The maximum absolute atomic E-state index is 3.29. The van der Waals surface area contributed by atoms with Crippen LogP contribution < -0.4 is 5.32 Å². The highest BCUT2D eigenvalue weighted by Crippen LogP contribution is 2.25. The molecular formula is C11H24N2. The fourth-order valence-electron chi connectivity index (χ4n) is 2.11. The van der Waals surface area contributed by atoms with Gasteiger partial charge in [0.2, 0.25) is 0 Å². The zero-order valence-electron chi connectivity index (χ0n) is 9.34. The lowest BCUT2D eigenvalue weighted by atomic mass is 9.90. The first-order chi connectivity index (χ1) is 6.29. The summed E-state index contributed by atoms with van der Waals surface area (Å²) in [5.41, 5.74) is 0. The normalized spacial score (nSPS) is 20.3. The van der Waals surface area contributed by atoms with Crippen LogP contribution in [0.25, 0.3) is 0 Å². The molecule has 0 aromatic carbocycles. The average Bonchev–Trinajstić information content (AvgIpc) is 2.01. The van der Waals surface area contributed by atoms with Crippen LogP contribution in [0.2, 0.25) is 0 Å². The Bertz CT molecular complexity index is 126. The Kier molecular flexibility index (Phi) is 4.74. The number of likely N-dealkylation sites (N-methyl/N-ethyl adjacent to an activating group) is 2. The van der Waals surface area contributed by atoms with Crippen molar-refractivity contribution in [1.29, 1.82) is 0 Å². The molecule has 0 spiro atoms. The van der Waals surface area contributed by atoms with Crippen molar-refractivity contribution in [3.63, 3.8) is 0 Å². The van der Waals surface area contributed by atoms with E-state index >= 15 is 0 Å². The van der Waals surface area contributed by atoms with Crippen LogP contribution in [0, 0.1) is 0 Å². The molecule has 0 heterocycles. The van der Waals surface area contributed by atoms with Crippen molar-refractivity contribution in [2.45, 2.75) is 51.1 Å². The SMILES string of the molecule is CCCC(CNC)N(C)C1CCC1.